The number of ether oxygens (including phenoxy) is 1. The molecule has 0 aromatic heterocycles. The van der Waals surface area contributed by atoms with Crippen molar-refractivity contribution in [1.82, 2.24) is 4.90 Å². The predicted octanol–water partition coefficient (Wildman–Crippen LogP) is 4.64. The van der Waals surface area contributed by atoms with E-state index >= 15 is 0 Å². The second kappa shape index (κ2) is 6.81. The minimum atomic E-state index is -0.999. The van der Waals surface area contributed by atoms with Crippen LogP contribution in [0.4, 0.5) is 0 Å². The van der Waals surface area contributed by atoms with Gasteiger partial charge >= 0.3 is 5.97 Å². The minimum absolute atomic E-state index is 0.0601. The second-order valence-electron chi connectivity index (χ2n) is 8.11. The van der Waals surface area contributed by atoms with Gasteiger partial charge in [-0.1, -0.05) is 66.7 Å². The van der Waals surface area contributed by atoms with Gasteiger partial charge in [0.25, 0.3) is 0 Å². The number of rotatable bonds is 3. The Bertz CT molecular complexity index is 1280. The molecule has 1 fully saturated rings. The maximum Gasteiger partial charge on any atom is 0.336 e. The Balaban J connectivity index is 1.74. The molecule has 6 rings (SSSR count). The van der Waals surface area contributed by atoms with E-state index in [4.69, 9.17) is 4.74 Å². The fourth-order valence-electron chi connectivity index (χ4n) is 5.62. The highest BCUT2D eigenvalue weighted by molar-refractivity contribution is 7.99. The number of benzene rings is 3. The number of thioether (sulfide) groups is 1. The Kier molecular flexibility index (Phi) is 4.14. The van der Waals surface area contributed by atoms with E-state index in [0.29, 0.717) is 18.1 Å². The third-order valence-corrected chi connectivity index (χ3v) is 7.72. The molecule has 1 aliphatic carbocycles. The molecule has 5 heteroatoms. The SMILES string of the molecule is CCOC(=O)C1=C(c2ccccc2)[C@]2(C(=O)c3cccc4cccc2c34)N2CSC[C@@H]12. The average molecular weight is 428 g/mol. The van der Waals surface area contributed by atoms with Crippen molar-refractivity contribution in [2.45, 2.75) is 18.5 Å². The number of esters is 1. The van der Waals surface area contributed by atoms with Crippen molar-refractivity contribution in [3.8, 4) is 0 Å². The molecule has 0 bridgehead atoms. The summed E-state index contributed by atoms with van der Waals surface area (Å²) < 4.78 is 5.53. The molecule has 3 aliphatic rings. The molecule has 4 nitrogen and oxygen atoms in total. The van der Waals surface area contributed by atoms with Crippen LogP contribution in [-0.4, -0.2) is 40.9 Å². The van der Waals surface area contributed by atoms with Crippen molar-refractivity contribution in [2.24, 2.45) is 0 Å². The van der Waals surface area contributed by atoms with Crippen LogP contribution in [0.5, 0.6) is 0 Å². The first kappa shape index (κ1) is 18.8. The van der Waals surface area contributed by atoms with Crippen LogP contribution in [0.2, 0.25) is 0 Å². The van der Waals surface area contributed by atoms with Crippen LogP contribution in [-0.2, 0) is 15.1 Å². The Morgan fingerprint density at radius 2 is 1.87 bits per heavy atom. The van der Waals surface area contributed by atoms with Crippen LogP contribution in [0.3, 0.4) is 0 Å². The zero-order chi connectivity index (χ0) is 21.2. The fraction of sp³-hybridized carbons (Fsp3) is 0.231. The van der Waals surface area contributed by atoms with Gasteiger partial charge in [-0.15, -0.1) is 11.8 Å². The van der Waals surface area contributed by atoms with E-state index in [1.165, 1.54) is 0 Å². The summed E-state index contributed by atoms with van der Waals surface area (Å²) >= 11 is 1.77. The molecule has 0 N–H and O–H groups in total. The largest absolute Gasteiger partial charge is 0.463 e. The lowest BCUT2D eigenvalue weighted by atomic mass is 9.78. The Morgan fingerprint density at radius 3 is 2.65 bits per heavy atom. The maximum absolute atomic E-state index is 14.3. The summed E-state index contributed by atoms with van der Waals surface area (Å²) in [6.07, 6.45) is 0. The van der Waals surface area contributed by atoms with Crippen LogP contribution in [0.25, 0.3) is 16.3 Å². The fourth-order valence-corrected chi connectivity index (χ4v) is 6.86. The number of nitrogens with zero attached hydrogens (tertiary/aromatic N) is 1. The molecular formula is C26H21NO3S. The summed E-state index contributed by atoms with van der Waals surface area (Å²) in [5, 5.41) is 2.06. The quantitative estimate of drug-likeness (QED) is 0.570. The van der Waals surface area contributed by atoms with Crippen LogP contribution in [0, 0.1) is 0 Å². The predicted molar refractivity (Wildman–Crippen MR) is 123 cm³/mol. The molecule has 2 heterocycles. The summed E-state index contributed by atoms with van der Waals surface area (Å²) in [4.78, 5) is 29.9. The van der Waals surface area contributed by atoms with Crippen molar-refractivity contribution in [2.75, 3.05) is 18.2 Å². The molecule has 0 amide bonds. The van der Waals surface area contributed by atoms with Gasteiger partial charge in [-0.3, -0.25) is 9.69 Å². The number of carbonyl (C=O) groups is 2. The summed E-state index contributed by atoms with van der Waals surface area (Å²) in [5.41, 5.74) is 3.06. The van der Waals surface area contributed by atoms with Gasteiger partial charge < -0.3 is 4.74 Å². The van der Waals surface area contributed by atoms with Gasteiger partial charge in [0.1, 0.15) is 5.54 Å². The number of carbonyl (C=O) groups excluding carboxylic acids is 2. The Morgan fingerprint density at radius 1 is 1.10 bits per heavy atom. The van der Waals surface area contributed by atoms with Crippen LogP contribution in [0.15, 0.2) is 72.3 Å². The minimum Gasteiger partial charge on any atom is -0.463 e. The maximum atomic E-state index is 14.3. The lowest BCUT2D eigenvalue weighted by molar-refractivity contribution is -0.138. The molecule has 0 radical (unpaired) electrons. The van der Waals surface area contributed by atoms with Crippen LogP contribution < -0.4 is 0 Å². The van der Waals surface area contributed by atoms with E-state index in [9.17, 15) is 9.59 Å². The normalized spacial score (nSPS) is 24.4. The molecule has 3 aromatic rings. The molecule has 0 saturated carbocycles. The van der Waals surface area contributed by atoms with Gasteiger partial charge in [0, 0.05) is 22.8 Å². The second-order valence-corrected chi connectivity index (χ2v) is 9.11. The molecule has 1 spiro atoms. The highest BCUT2D eigenvalue weighted by Gasteiger charge is 2.63. The lowest BCUT2D eigenvalue weighted by Crippen LogP contribution is -2.48. The monoisotopic (exact) mass is 427 g/mol. The summed E-state index contributed by atoms with van der Waals surface area (Å²) in [6.45, 7) is 2.13. The Hall–Kier alpha value is -2.89. The van der Waals surface area contributed by atoms with Gasteiger partial charge in [-0.25, -0.2) is 4.79 Å². The average Bonchev–Trinajstić information content (AvgIpc) is 3.44. The molecule has 31 heavy (non-hydrogen) atoms. The van der Waals surface area contributed by atoms with E-state index < -0.39 is 5.54 Å². The summed E-state index contributed by atoms with van der Waals surface area (Å²) in [5.74, 6) is 1.21. The first-order valence-electron chi connectivity index (χ1n) is 10.6. The zero-order valence-electron chi connectivity index (χ0n) is 17.1. The number of fused-ring (bicyclic) bond motifs is 3. The van der Waals surface area contributed by atoms with E-state index in [-0.39, 0.29) is 17.8 Å². The van der Waals surface area contributed by atoms with Gasteiger partial charge in [0.15, 0.2) is 5.78 Å². The van der Waals surface area contributed by atoms with Gasteiger partial charge in [0.2, 0.25) is 0 Å². The van der Waals surface area contributed by atoms with Gasteiger partial charge in [-0.2, -0.15) is 0 Å². The molecular weight excluding hydrogens is 406 g/mol. The third kappa shape index (κ3) is 2.31. The standard InChI is InChI=1S/C26H21NO3S/c1-2-30-25(29)22-20-14-31-15-27(20)26(23(22)17-8-4-3-5-9-17)19-13-7-11-16-10-6-12-18(21(16)19)24(26)28/h3-13,20H,2,14-15H2,1H3/t20-,26+/m0/s1. The van der Waals surface area contributed by atoms with Gasteiger partial charge in [-0.05, 0) is 28.8 Å². The van der Waals surface area contributed by atoms with Crippen molar-refractivity contribution in [3.05, 3.63) is 89.0 Å². The van der Waals surface area contributed by atoms with E-state index in [1.807, 2.05) is 55.5 Å². The van der Waals surface area contributed by atoms with Gasteiger partial charge in [0.05, 0.1) is 18.2 Å². The number of hydrogen-bond acceptors (Lipinski definition) is 5. The lowest BCUT2D eigenvalue weighted by Gasteiger charge is -2.36. The molecule has 3 aromatic carbocycles. The van der Waals surface area contributed by atoms with Crippen molar-refractivity contribution < 1.29 is 14.3 Å². The van der Waals surface area contributed by atoms with Crippen LogP contribution in [0.1, 0.15) is 28.4 Å². The van der Waals surface area contributed by atoms with E-state index in [0.717, 1.165) is 38.8 Å². The molecule has 2 aliphatic heterocycles. The smallest absolute Gasteiger partial charge is 0.336 e. The van der Waals surface area contributed by atoms with Crippen molar-refractivity contribution in [1.29, 1.82) is 0 Å². The number of ketones is 1. The molecule has 0 unspecified atom stereocenters. The third-order valence-electron chi connectivity index (χ3n) is 6.70. The topological polar surface area (TPSA) is 46.6 Å². The Labute approximate surface area is 184 Å². The first-order valence-corrected chi connectivity index (χ1v) is 11.7. The molecule has 154 valence electrons. The summed E-state index contributed by atoms with van der Waals surface area (Å²) in [7, 11) is 0. The molecule has 2 atom stereocenters. The first-order chi connectivity index (χ1) is 15.2. The van der Waals surface area contributed by atoms with E-state index in [1.54, 1.807) is 11.8 Å². The van der Waals surface area contributed by atoms with Crippen molar-refractivity contribution >= 4 is 39.9 Å². The van der Waals surface area contributed by atoms with Crippen LogP contribution >= 0.6 is 11.8 Å². The number of hydrogen-bond donors (Lipinski definition) is 0. The summed E-state index contributed by atoms with van der Waals surface area (Å²) in [6, 6.07) is 21.8. The number of Topliss-reactive ketones (excluding diaryl/α,β-unsaturated/α-hetero) is 1. The molecule has 1 saturated heterocycles. The highest BCUT2D eigenvalue weighted by Crippen LogP contribution is 2.60. The highest BCUT2D eigenvalue weighted by atomic mass is 32.2. The zero-order valence-corrected chi connectivity index (χ0v) is 17.9. The van der Waals surface area contributed by atoms with Crippen molar-refractivity contribution in [3.63, 3.8) is 0 Å². The van der Waals surface area contributed by atoms with E-state index in [2.05, 4.69) is 23.1 Å².